The molecule has 1 aliphatic rings. The molecule has 2 aromatic heterocycles. The van der Waals surface area contributed by atoms with Crippen LogP contribution in [0, 0.1) is 0 Å². The van der Waals surface area contributed by atoms with E-state index in [-0.39, 0.29) is 12.7 Å². The normalized spacial score (nSPS) is 12.3. The Morgan fingerprint density at radius 1 is 1.07 bits per heavy atom. The average molecular weight is 417 g/mol. The van der Waals surface area contributed by atoms with E-state index in [2.05, 4.69) is 10.3 Å². The minimum absolute atomic E-state index is 0.107. The third-order valence-corrected chi connectivity index (χ3v) is 5.85. The molecule has 0 atom stereocenters. The summed E-state index contributed by atoms with van der Waals surface area (Å²) in [6.45, 7) is 0.673. The quantitative estimate of drug-likeness (QED) is 0.474. The van der Waals surface area contributed by atoms with Crippen LogP contribution in [0.5, 0.6) is 11.5 Å². The third-order valence-electron chi connectivity index (χ3n) is 4.81. The second kappa shape index (κ2) is 8.12. The number of imidazole rings is 1. The maximum atomic E-state index is 12.5. The van der Waals surface area contributed by atoms with Crippen LogP contribution in [0.4, 0.5) is 0 Å². The molecule has 1 N–H and O–H groups in total. The lowest BCUT2D eigenvalue weighted by Crippen LogP contribution is -2.22. The molecule has 0 aliphatic carbocycles. The van der Waals surface area contributed by atoms with E-state index in [0.29, 0.717) is 17.9 Å². The van der Waals surface area contributed by atoms with Crippen molar-refractivity contribution >= 4 is 23.3 Å². The molecule has 5 rings (SSSR count). The summed E-state index contributed by atoms with van der Waals surface area (Å²) < 4.78 is 12.7. The summed E-state index contributed by atoms with van der Waals surface area (Å²) in [6.07, 6.45) is 4.04. The van der Waals surface area contributed by atoms with Crippen LogP contribution in [-0.4, -0.2) is 22.1 Å². The summed E-state index contributed by atoms with van der Waals surface area (Å²) in [4.78, 5) is 18.2. The second-order valence-electron chi connectivity index (χ2n) is 6.88. The number of carbonyl (C=O) groups excluding carboxylic acids is 1. The molecule has 30 heavy (non-hydrogen) atoms. The van der Waals surface area contributed by atoms with Crippen LogP contribution in [0.2, 0.25) is 0 Å². The van der Waals surface area contributed by atoms with Crippen molar-refractivity contribution in [3.8, 4) is 11.5 Å². The van der Waals surface area contributed by atoms with Crippen LogP contribution < -0.4 is 14.8 Å². The molecule has 7 heteroatoms. The fraction of sp³-hybridized carbons (Fsp3) is 0.130. The smallest absolute Gasteiger partial charge is 0.251 e. The lowest BCUT2D eigenvalue weighted by Gasteiger charge is -2.07. The van der Waals surface area contributed by atoms with Crippen LogP contribution in [-0.2, 0) is 12.3 Å². The Bertz CT molecular complexity index is 1170. The van der Waals surface area contributed by atoms with Gasteiger partial charge in [-0.05, 0) is 54.1 Å². The summed E-state index contributed by atoms with van der Waals surface area (Å²) in [7, 11) is 0. The number of amides is 1. The maximum Gasteiger partial charge on any atom is 0.251 e. The van der Waals surface area contributed by atoms with Gasteiger partial charge in [-0.25, -0.2) is 4.98 Å². The highest BCUT2D eigenvalue weighted by atomic mass is 32.2. The Hall–Kier alpha value is -3.45. The number of ether oxygens (including phenoxy) is 2. The van der Waals surface area contributed by atoms with Gasteiger partial charge in [-0.1, -0.05) is 12.1 Å². The Kier molecular flexibility index (Phi) is 5.03. The van der Waals surface area contributed by atoms with Crippen LogP contribution in [0.3, 0.4) is 0 Å². The monoisotopic (exact) mass is 417 g/mol. The van der Waals surface area contributed by atoms with Gasteiger partial charge in [0.2, 0.25) is 6.79 Å². The summed E-state index contributed by atoms with van der Waals surface area (Å²) in [5.41, 5.74) is 3.57. The fourth-order valence-electron chi connectivity index (χ4n) is 3.25. The Labute approximate surface area is 177 Å². The number of benzene rings is 2. The van der Waals surface area contributed by atoms with E-state index in [1.165, 1.54) is 0 Å². The van der Waals surface area contributed by atoms with Crippen LogP contribution in [0.1, 0.15) is 21.6 Å². The van der Waals surface area contributed by atoms with Crippen molar-refractivity contribution in [2.45, 2.75) is 17.2 Å². The van der Waals surface area contributed by atoms with Crippen LogP contribution in [0.15, 0.2) is 78.0 Å². The van der Waals surface area contributed by atoms with Gasteiger partial charge < -0.3 is 19.2 Å². The SMILES string of the molecule is O=C(NCc1ccc2c(c1)OCO2)c1ccc(SCc2cn3ccccc3n2)cc1. The predicted octanol–water partition coefficient (Wildman–Crippen LogP) is 4.29. The van der Waals surface area contributed by atoms with E-state index >= 15 is 0 Å². The molecule has 0 bridgehead atoms. The highest BCUT2D eigenvalue weighted by molar-refractivity contribution is 7.98. The topological polar surface area (TPSA) is 64.9 Å². The van der Waals surface area contributed by atoms with Crippen LogP contribution >= 0.6 is 11.8 Å². The lowest BCUT2D eigenvalue weighted by atomic mass is 10.2. The third kappa shape index (κ3) is 3.97. The molecule has 0 spiro atoms. The molecule has 0 radical (unpaired) electrons. The number of carbonyl (C=O) groups is 1. The van der Waals surface area contributed by atoms with Crippen molar-refractivity contribution in [1.82, 2.24) is 14.7 Å². The maximum absolute atomic E-state index is 12.5. The minimum Gasteiger partial charge on any atom is -0.454 e. The van der Waals surface area contributed by atoms with Crippen molar-refractivity contribution in [3.63, 3.8) is 0 Å². The summed E-state index contributed by atoms with van der Waals surface area (Å²) >= 11 is 1.70. The molecule has 3 heterocycles. The molecule has 1 aliphatic heterocycles. The van der Waals surface area contributed by atoms with Crippen molar-refractivity contribution in [2.24, 2.45) is 0 Å². The van der Waals surface area contributed by atoms with Gasteiger partial charge in [0.05, 0.1) is 5.69 Å². The number of thioether (sulfide) groups is 1. The van der Waals surface area contributed by atoms with Gasteiger partial charge in [-0.3, -0.25) is 4.79 Å². The molecular weight excluding hydrogens is 398 g/mol. The molecular formula is C23H19N3O3S. The molecule has 150 valence electrons. The highest BCUT2D eigenvalue weighted by Gasteiger charge is 2.13. The van der Waals surface area contributed by atoms with Gasteiger partial charge in [0.1, 0.15) is 5.65 Å². The number of fused-ring (bicyclic) bond motifs is 2. The Morgan fingerprint density at radius 3 is 2.80 bits per heavy atom. The summed E-state index contributed by atoms with van der Waals surface area (Å²) in [5, 5.41) is 2.94. The molecule has 0 unspecified atom stereocenters. The van der Waals surface area contributed by atoms with Gasteiger partial charge in [0.25, 0.3) is 5.91 Å². The van der Waals surface area contributed by atoms with E-state index < -0.39 is 0 Å². The van der Waals surface area contributed by atoms with Gasteiger partial charge >= 0.3 is 0 Å². The second-order valence-corrected chi connectivity index (χ2v) is 7.93. The number of nitrogens with one attached hydrogen (secondary N) is 1. The highest BCUT2D eigenvalue weighted by Crippen LogP contribution is 2.32. The van der Waals surface area contributed by atoms with Gasteiger partial charge in [0.15, 0.2) is 11.5 Å². The van der Waals surface area contributed by atoms with Crippen molar-refractivity contribution < 1.29 is 14.3 Å². The van der Waals surface area contributed by atoms with E-state index in [9.17, 15) is 4.79 Å². The van der Waals surface area contributed by atoms with Gasteiger partial charge in [-0.2, -0.15) is 0 Å². The number of rotatable bonds is 6. The zero-order valence-electron chi connectivity index (χ0n) is 16.1. The zero-order valence-corrected chi connectivity index (χ0v) is 16.9. The number of hydrogen-bond acceptors (Lipinski definition) is 5. The molecule has 4 aromatic rings. The van der Waals surface area contributed by atoms with E-state index in [1.807, 2.05) is 77.5 Å². The van der Waals surface area contributed by atoms with Crippen molar-refractivity contribution in [2.75, 3.05) is 6.79 Å². The first-order valence-corrected chi connectivity index (χ1v) is 10.6. The molecule has 0 saturated carbocycles. The average Bonchev–Trinajstić information content (AvgIpc) is 3.42. The number of aromatic nitrogens is 2. The van der Waals surface area contributed by atoms with Crippen molar-refractivity contribution in [3.05, 3.63) is 89.9 Å². The van der Waals surface area contributed by atoms with E-state index in [0.717, 1.165) is 33.3 Å². The first kappa shape index (κ1) is 18.6. The lowest BCUT2D eigenvalue weighted by molar-refractivity contribution is 0.0950. The summed E-state index contributed by atoms with van der Waals surface area (Å²) in [5.74, 6) is 2.12. The largest absolute Gasteiger partial charge is 0.454 e. The zero-order chi connectivity index (χ0) is 20.3. The van der Waals surface area contributed by atoms with Crippen LogP contribution in [0.25, 0.3) is 5.65 Å². The minimum atomic E-state index is -0.107. The number of nitrogens with zero attached hydrogens (tertiary/aromatic N) is 2. The molecule has 0 fully saturated rings. The molecule has 2 aromatic carbocycles. The summed E-state index contributed by atoms with van der Waals surface area (Å²) in [6, 6.07) is 19.3. The first-order valence-electron chi connectivity index (χ1n) is 9.57. The molecule has 1 amide bonds. The van der Waals surface area contributed by atoms with Gasteiger partial charge in [-0.15, -0.1) is 11.8 Å². The first-order chi connectivity index (χ1) is 14.7. The van der Waals surface area contributed by atoms with E-state index in [1.54, 1.807) is 11.8 Å². The van der Waals surface area contributed by atoms with Gasteiger partial charge in [0, 0.05) is 35.2 Å². The Balaban J connectivity index is 1.16. The standard InChI is InChI=1S/C23H19N3O3S/c27-23(24-12-16-4-9-20-21(11-16)29-15-28-20)17-5-7-19(8-6-17)30-14-18-13-26-10-2-1-3-22(26)25-18/h1-11,13H,12,14-15H2,(H,24,27). The number of hydrogen-bond donors (Lipinski definition) is 1. The van der Waals surface area contributed by atoms with E-state index in [4.69, 9.17) is 9.47 Å². The van der Waals surface area contributed by atoms with Crippen molar-refractivity contribution in [1.29, 1.82) is 0 Å². The Morgan fingerprint density at radius 2 is 1.93 bits per heavy atom. The molecule has 6 nitrogen and oxygen atoms in total. The number of pyridine rings is 1. The fourth-order valence-corrected chi connectivity index (χ4v) is 4.03. The predicted molar refractivity (Wildman–Crippen MR) is 115 cm³/mol. The molecule has 0 saturated heterocycles.